The van der Waals surface area contributed by atoms with Crippen LogP contribution in [0.2, 0.25) is 0 Å². The Balaban J connectivity index is 1.88. The third-order valence-electron chi connectivity index (χ3n) is 3.00. The Morgan fingerprint density at radius 1 is 1.27 bits per heavy atom. The number of benzene rings is 1. The number of thioether (sulfide) groups is 2. The first-order chi connectivity index (χ1) is 10.7. The van der Waals surface area contributed by atoms with Crippen LogP contribution >= 0.6 is 34.9 Å². The van der Waals surface area contributed by atoms with Crippen LogP contribution < -0.4 is 5.32 Å². The van der Waals surface area contributed by atoms with Crippen LogP contribution in [0.4, 0.5) is 0 Å². The molecular formula is C15H19N3OS3. The fraction of sp³-hybridized carbons (Fsp3) is 0.400. The summed E-state index contributed by atoms with van der Waals surface area (Å²) in [5.41, 5.74) is 1.16. The van der Waals surface area contributed by atoms with Crippen molar-refractivity contribution in [3.8, 4) is 0 Å². The molecule has 1 aromatic heterocycles. The number of rotatable bonds is 8. The monoisotopic (exact) mass is 353 g/mol. The van der Waals surface area contributed by atoms with Gasteiger partial charge in [-0.25, -0.2) is 0 Å². The summed E-state index contributed by atoms with van der Waals surface area (Å²) in [4.78, 5) is 12.2. The van der Waals surface area contributed by atoms with Gasteiger partial charge in [-0.15, -0.1) is 10.2 Å². The van der Waals surface area contributed by atoms with Crippen molar-refractivity contribution in [2.24, 2.45) is 0 Å². The summed E-state index contributed by atoms with van der Waals surface area (Å²) in [6, 6.07) is 10.2. The van der Waals surface area contributed by atoms with Gasteiger partial charge in [-0.1, -0.05) is 78.5 Å². The second-order valence-electron chi connectivity index (χ2n) is 4.65. The predicted octanol–water partition coefficient (Wildman–Crippen LogP) is 4.01. The lowest BCUT2D eigenvalue weighted by molar-refractivity contribution is -0.119. The van der Waals surface area contributed by atoms with E-state index in [1.54, 1.807) is 11.8 Å². The average Bonchev–Trinajstić information content (AvgIpc) is 3.01. The topological polar surface area (TPSA) is 54.9 Å². The molecule has 0 aliphatic rings. The van der Waals surface area contributed by atoms with Crippen LogP contribution in [0.15, 0.2) is 39.0 Å². The second kappa shape index (κ2) is 9.17. The van der Waals surface area contributed by atoms with Crippen LogP contribution in [0.25, 0.3) is 0 Å². The molecule has 0 saturated carbocycles. The molecule has 0 saturated heterocycles. The Morgan fingerprint density at radius 3 is 2.64 bits per heavy atom. The van der Waals surface area contributed by atoms with Gasteiger partial charge in [0.1, 0.15) is 0 Å². The third-order valence-corrected chi connectivity index (χ3v) is 6.04. The molecule has 0 radical (unpaired) electrons. The lowest BCUT2D eigenvalue weighted by Crippen LogP contribution is -2.29. The van der Waals surface area contributed by atoms with E-state index >= 15 is 0 Å². The lowest BCUT2D eigenvalue weighted by Gasteiger charge is -2.18. The van der Waals surface area contributed by atoms with Crippen LogP contribution in [-0.2, 0) is 4.79 Å². The zero-order chi connectivity index (χ0) is 15.8. The molecule has 7 heteroatoms. The first kappa shape index (κ1) is 17.3. The number of nitrogens with one attached hydrogen (secondary N) is 1. The number of aromatic nitrogens is 2. The van der Waals surface area contributed by atoms with Gasteiger partial charge in [-0.05, 0) is 18.2 Å². The molecule has 1 N–H and O–H groups in total. The molecule has 2 aromatic rings. The maximum absolute atomic E-state index is 12.2. The van der Waals surface area contributed by atoms with Crippen LogP contribution in [0, 0.1) is 0 Å². The zero-order valence-electron chi connectivity index (χ0n) is 12.6. The van der Waals surface area contributed by atoms with Crippen molar-refractivity contribution in [2.75, 3.05) is 12.0 Å². The highest BCUT2D eigenvalue weighted by molar-refractivity contribution is 8.03. The molecule has 4 nitrogen and oxygen atoms in total. The van der Waals surface area contributed by atoms with E-state index in [2.05, 4.69) is 34.6 Å². The van der Waals surface area contributed by atoms with Crippen molar-refractivity contribution in [2.45, 2.75) is 34.5 Å². The van der Waals surface area contributed by atoms with Crippen LogP contribution in [-0.4, -0.2) is 28.1 Å². The number of hydrogen-bond acceptors (Lipinski definition) is 6. The summed E-state index contributed by atoms with van der Waals surface area (Å²) in [5, 5.41) is 11.2. The van der Waals surface area contributed by atoms with E-state index in [1.165, 1.54) is 23.1 Å². The maximum atomic E-state index is 12.2. The van der Waals surface area contributed by atoms with Gasteiger partial charge in [0, 0.05) is 0 Å². The average molecular weight is 354 g/mol. The van der Waals surface area contributed by atoms with Crippen molar-refractivity contribution in [3.63, 3.8) is 0 Å². The Kier molecular flexibility index (Phi) is 7.21. The molecule has 22 heavy (non-hydrogen) atoms. The van der Waals surface area contributed by atoms with Crippen molar-refractivity contribution in [1.29, 1.82) is 0 Å². The lowest BCUT2D eigenvalue weighted by atomic mass is 10.0. The van der Waals surface area contributed by atoms with Crippen LogP contribution in [0.1, 0.15) is 31.4 Å². The highest BCUT2D eigenvalue weighted by Crippen LogP contribution is 2.27. The van der Waals surface area contributed by atoms with Gasteiger partial charge in [0.15, 0.2) is 8.68 Å². The van der Waals surface area contributed by atoms with Gasteiger partial charge in [0.25, 0.3) is 0 Å². The molecule has 0 spiro atoms. The summed E-state index contributed by atoms with van der Waals surface area (Å²) in [6.45, 7) is 2.13. The number of amides is 1. The van der Waals surface area contributed by atoms with Crippen LogP contribution in [0.3, 0.4) is 0 Å². The SMILES string of the molecule is CCCC(NC(=O)CSc1nnc(SC)s1)c1ccccc1. The quantitative estimate of drug-likeness (QED) is 0.727. The molecule has 0 fully saturated rings. The molecule has 0 aliphatic heterocycles. The molecule has 1 aromatic carbocycles. The minimum Gasteiger partial charge on any atom is -0.349 e. The van der Waals surface area contributed by atoms with Crippen molar-refractivity contribution >= 4 is 40.8 Å². The van der Waals surface area contributed by atoms with Crippen molar-refractivity contribution in [1.82, 2.24) is 15.5 Å². The Bertz CT molecular complexity index is 589. The number of carbonyl (C=O) groups excluding carboxylic acids is 1. The molecule has 1 amide bonds. The normalized spacial score (nSPS) is 12.1. The van der Waals surface area contributed by atoms with E-state index in [0.29, 0.717) is 5.75 Å². The fourth-order valence-electron chi connectivity index (χ4n) is 2.00. The Morgan fingerprint density at radius 2 is 2.00 bits per heavy atom. The Labute approximate surface area is 143 Å². The number of nitrogens with zero attached hydrogens (tertiary/aromatic N) is 2. The van der Waals surface area contributed by atoms with Gasteiger partial charge in [-0.2, -0.15) is 0 Å². The molecule has 2 rings (SSSR count). The summed E-state index contributed by atoms with van der Waals surface area (Å²) in [5.74, 6) is 0.406. The van der Waals surface area contributed by atoms with Gasteiger partial charge in [0.05, 0.1) is 11.8 Å². The van der Waals surface area contributed by atoms with E-state index in [1.807, 2.05) is 24.5 Å². The van der Waals surface area contributed by atoms with Gasteiger partial charge in [-0.3, -0.25) is 4.79 Å². The van der Waals surface area contributed by atoms with Crippen molar-refractivity contribution in [3.05, 3.63) is 35.9 Å². The maximum Gasteiger partial charge on any atom is 0.230 e. The summed E-state index contributed by atoms with van der Waals surface area (Å²) in [7, 11) is 0. The summed E-state index contributed by atoms with van der Waals surface area (Å²) >= 11 is 4.53. The zero-order valence-corrected chi connectivity index (χ0v) is 15.1. The first-order valence-corrected chi connectivity index (χ1v) is 10.1. The molecule has 1 atom stereocenters. The van der Waals surface area contributed by atoms with E-state index in [-0.39, 0.29) is 11.9 Å². The summed E-state index contributed by atoms with van der Waals surface area (Å²) in [6.07, 6.45) is 3.94. The van der Waals surface area contributed by atoms with Gasteiger partial charge < -0.3 is 5.32 Å². The largest absolute Gasteiger partial charge is 0.349 e. The third kappa shape index (κ3) is 5.30. The van der Waals surface area contributed by atoms with E-state index in [0.717, 1.165) is 27.1 Å². The second-order valence-corrected chi connectivity index (χ2v) is 7.90. The Hall–Kier alpha value is -1.05. The van der Waals surface area contributed by atoms with Crippen molar-refractivity contribution < 1.29 is 4.79 Å². The molecule has 118 valence electrons. The molecular weight excluding hydrogens is 334 g/mol. The van der Waals surface area contributed by atoms with E-state index < -0.39 is 0 Å². The predicted molar refractivity (Wildman–Crippen MR) is 94.6 cm³/mol. The standard InChI is InChI=1S/C15H19N3OS3/c1-3-7-12(11-8-5-4-6-9-11)16-13(19)10-21-15-18-17-14(20-2)22-15/h4-6,8-9,12H,3,7,10H2,1-2H3,(H,16,19). The number of carbonyl (C=O) groups is 1. The molecule has 0 aliphatic carbocycles. The van der Waals surface area contributed by atoms with E-state index in [4.69, 9.17) is 0 Å². The highest BCUT2D eigenvalue weighted by atomic mass is 32.2. The smallest absolute Gasteiger partial charge is 0.230 e. The van der Waals surface area contributed by atoms with Gasteiger partial charge in [0.2, 0.25) is 5.91 Å². The summed E-state index contributed by atoms with van der Waals surface area (Å²) < 4.78 is 1.77. The minimum absolute atomic E-state index is 0.0354. The molecule has 1 heterocycles. The van der Waals surface area contributed by atoms with Crippen LogP contribution in [0.5, 0.6) is 0 Å². The first-order valence-electron chi connectivity index (χ1n) is 7.07. The van der Waals surface area contributed by atoms with Gasteiger partial charge >= 0.3 is 0 Å². The molecule has 0 bridgehead atoms. The molecule has 1 unspecified atom stereocenters. The fourth-order valence-corrected chi connectivity index (χ4v) is 4.25. The number of hydrogen-bond donors (Lipinski definition) is 1. The minimum atomic E-state index is 0.0354. The van der Waals surface area contributed by atoms with E-state index in [9.17, 15) is 4.79 Å². The highest BCUT2D eigenvalue weighted by Gasteiger charge is 2.14.